The maximum Gasteiger partial charge on any atom is 0.273 e. The lowest BCUT2D eigenvalue weighted by molar-refractivity contribution is 0.0845. The molecule has 2 amide bonds. The number of rotatable bonds is 5. The molecule has 31 heavy (non-hydrogen) atoms. The van der Waals surface area contributed by atoms with Gasteiger partial charge in [-0.2, -0.15) is 5.10 Å². The summed E-state index contributed by atoms with van der Waals surface area (Å²) < 4.78 is 6.84. The van der Waals surface area contributed by atoms with Gasteiger partial charge in [0.1, 0.15) is 11.4 Å². The highest BCUT2D eigenvalue weighted by Gasteiger charge is 2.20. The third-order valence-electron chi connectivity index (χ3n) is 4.67. The Morgan fingerprint density at radius 3 is 2.03 bits per heavy atom. The molecule has 154 valence electrons. The maximum atomic E-state index is 13.0. The number of hydrogen-bond acceptors (Lipinski definition) is 4. The summed E-state index contributed by atoms with van der Waals surface area (Å²) in [6, 6.07) is 25.7. The predicted octanol–water partition coefficient (Wildman–Crippen LogP) is 3.62. The van der Waals surface area contributed by atoms with Crippen LogP contribution in [0.4, 0.5) is 0 Å². The van der Waals surface area contributed by atoms with Crippen LogP contribution in [0, 0.1) is 0 Å². The van der Waals surface area contributed by atoms with Crippen LogP contribution < -0.4 is 15.6 Å². The quantitative estimate of drug-likeness (QED) is 0.490. The topological polar surface area (TPSA) is 85.3 Å². The van der Waals surface area contributed by atoms with Gasteiger partial charge in [-0.05, 0) is 24.3 Å². The van der Waals surface area contributed by atoms with Gasteiger partial charge in [0.2, 0.25) is 0 Å². The Morgan fingerprint density at radius 1 is 0.774 bits per heavy atom. The van der Waals surface area contributed by atoms with E-state index in [4.69, 9.17) is 4.74 Å². The highest BCUT2D eigenvalue weighted by molar-refractivity contribution is 6.03. The number of hydrazine groups is 1. The average Bonchev–Trinajstić information content (AvgIpc) is 3.29. The zero-order valence-electron chi connectivity index (χ0n) is 16.8. The van der Waals surface area contributed by atoms with Gasteiger partial charge in [0, 0.05) is 11.8 Å². The van der Waals surface area contributed by atoms with Crippen LogP contribution in [-0.4, -0.2) is 28.7 Å². The molecule has 0 unspecified atom stereocenters. The Balaban J connectivity index is 1.61. The summed E-state index contributed by atoms with van der Waals surface area (Å²) in [5, 5.41) is 4.61. The zero-order chi connectivity index (χ0) is 21.6. The Kier molecular flexibility index (Phi) is 5.75. The standard InChI is InChI=1S/C24H20N4O3/c1-31-21-15-9-8-14-19(21)23(29)25-26-24(30)20-16-28(18-12-6-3-7-13-18)27-22(20)17-10-4-2-5-11-17/h2-16H,1H3,(H,25,29)(H,26,30). The van der Waals surface area contributed by atoms with Crippen molar-refractivity contribution in [2.75, 3.05) is 7.11 Å². The van der Waals surface area contributed by atoms with E-state index in [1.54, 1.807) is 35.1 Å². The van der Waals surface area contributed by atoms with E-state index in [0.29, 0.717) is 22.6 Å². The minimum atomic E-state index is -0.484. The molecule has 2 N–H and O–H groups in total. The lowest BCUT2D eigenvalue weighted by Gasteiger charge is -2.10. The van der Waals surface area contributed by atoms with Crippen molar-refractivity contribution in [1.29, 1.82) is 0 Å². The van der Waals surface area contributed by atoms with Gasteiger partial charge in [-0.1, -0.05) is 60.7 Å². The third kappa shape index (κ3) is 4.30. The minimum absolute atomic E-state index is 0.313. The second-order valence-corrected chi connectivity index (χ2v) is 6.65. The highest BCUT2D eigenvalue weighted by atomic mass is 16.5. The molecule has 7 nitrogen and oxygen atoms in total. The second kappa shape index (κ2) is 8.96. The van der Waals surface area contributed by atoms with Gasteiger partial charge in [-0.25, -0.2) is 4.68 Å². The lowest BCUT2D eigenvalue weighted by atomic mass is 10.1. The van der Waals surface area contributed by atoms with E-state index in [-0.39, 0.29) is 0 Å². The zero-order valence-corrected chi connectivity index (χ0v) is 16.8. The number of carbonyl (C=O) groups is 2. The van der Waals surface area contributed by atoms with Gasteiger partial charge in [-0.15, -0.1) is 0 Å². The molecule has 0 spiro atoms. The fourth-order valence-corrected chi connectivity index (χ4v) is 3.14. The van der Waals surface area contributed by atoms with Crippen LogP contribution in [0.5, 0.6) is 5.75 Å². The SMILES string of the molecule is COc1ccccc1C(=O)NNC(=O)c1cn(-c2ccccc2)nc1-c1ccccc1. The molecule has 3 aromatic carbocycles. The van der Waals surface area contributed by atoms with Crippen molar-refractivity contribution in [3.63, 3.8) is 0 Å². The second-order valence-electron chi connectivity index (χ2n) is 6.65. The number of para-hydroxylation sites is 2. The summed E-state index contributed by atoms with van der Waals surface area (Å²) in [6.45, 7) is 0. The summed E-state index contributed by atoms with van der Waals surface area (Å²) >= 11 is 0. The third-order valence-corrected chi connectivity index (χ3v) is 4.67. The number of benzene rings is 3. The first kappa shape index (κ1) is 19.9. The van der Waals surface area contributed by atoms with E-state index in [0.717, 1.165) is 11.3 Å². The molecule has 0 aliphatic rings. The molecule has 4 rings (SSSR count). The van der Waals surface area contributed by atoms with Crippen molar-refractivity contribution in [3.8, 4) is 22.7 Å². The molecule has 0 saturated carbocycles. The van der Waals surface area contributed by atoms with Crippen molar-refractivity contribution in [2.45, 2.75) is 0 Å². The molecule has 0 saturated heterocycles. The van der Waals surface area contributed by atoms with Gasteiger partial charge in [0.05, 0.1) is 23.9 Å². The number of nitrogens with one attached hydrogen (secondary N) is 2. The monoisotopic (exact) mass is 412 g/mol. The van der Waals surface area contributed by atoms with Crippen molar-refractivity contribution in [3.05, 3.63) is 102 Å². The molecule has 1 heterocycles. The number of hydrogen-bond donors (Lipinski definition) is 2. The van der Waals surface area contributed by atoms with Crippen LogP contribution in [0.2, 0.25) is 0 Å². The summed E-state index contributed by atoms with van der Waals surface area (Å²) in [4.78, 5) is 25.5. The number of aromatic nitrogens is 2. The normalized spacial score (nSPS) is 10.4. The van der Waals surface area contributed by atoms with Gasteiger partial charge in [0.25, 0.3) is 11.8 Å². The Hall–Kier alpha value is -4.39. The summed E-state index contributed by atoms with van der Waals surface area (Å²) in [7, 11) is 1.48. The first-order valence-electron chi connectivity index (χ1n) is 9.61. The highest BCUT2D eigenvalue weighted by Crippen LogP contribution is 2.23. The minimum Gasteiger partial charge on any atom is -0.496 e. The van der Waals surface area contributed by atoms with Crippen LogP contribution in [0.3, 0.4) is 0 Å². The summed E-state index contributed by atoms with van der Waals surface area (Å²) in [5.74, 6) is -0.553. The number of nitrogens with zero attached hydrogens (tertiary/aromatic N) is 2. The van der Waals surface area contributed by atoms with Crippen molar-refractivity contribution in [2.24, 2.45) is 0 Å². The average molecular weight is 412 g/mol. The van der Waals surface area contributed by atoms with Crippen LogP contribution in [0.25, 0.3) is 16.9 Å². The molecule has 1 aromatic heterocycles. The van der Waals surface area contributed by atoms with Crippen LogP contribution in [0.1, 0.15) is 20.7 Å². The van der Waals surface area contributed by atoms with Gasteiger partial charge < -0.3 is 4.74 Å². The molecule has 0 fully saturated rings. The molecule has 4 aromatic rings. The molecule has 0 aliphatic carbocycles. The Labute approximate surface area is 179 Å². The van der Waals surface area contributed by atoms with E-state index in [1.807, 2.05) is 60.7 Å². The van der Waals surface area contributed by atoms with Gasteiger partial charge in [-0.3, -0.25) is 20.4 Å². The number of carbonyl (C=O) groups excluding carboxylic acids is 2. The summed E-state index contributed by atoms with van der Waals surface area (Å²) in [6.07, 6.45) is 1.64. The molecular weight excluding hydrogens is 392 g/mol. The Bertz CT molecular complexity index is 1200. The molecule has 7 heteroatoms. The smallest absolute Gasteiger partial charge is 0.273 e. The predicted molar refractivity (Wildman–Crippen MR) is 117 cm³/mol. The number of methoxy groups -OCH3 is 1. The molecule has 0 radical (unpaired) electrons. The largest absolute Gasteiger partial charge is 0.496 e. The number of amides is 2. The van der Waals surface area contributed by atoms with Crippen LogP contribution in [-0.2, 0) is 0 Å². The first-order valence-corrected chi connectivity index (χ1v) is 9.61. The van der Waals surface area contributed by atoms with Crippen molar-refractivity contribution in [1.82, 2.24) is 20.6 Å². The van der Waals surface area contributed by atoms with Crippen molar-refractivity contribution >= 4 is 11.8 Å². The first-order chi connectivity index (χ1) is 15.2. The lowest BCUT2D eigenvalue weighted by Crippen LogP contribution is -2.41. The number of ether oxygens (including phenoxy) is 1. The van der Waals surface area contributed by atoms with E-state index in [1.165, 1.54) is 7.11 Å². The maximum absolute atomic E-state index is 13.0. The van der Waals surface area contributed by atoms with Crippen LogP contribution >= 0.6 is 0 Å². The van der Waals surface area contributed by atoms with Gasteiger partial charge >= 0.3 is 0 Å². The fourth-order valence-electron chi connectivity index (χ4n) is 3.14. The van der Waals surface area contributed by atoms with E-state index in [2.05, 4.69) is 16.0 Å². The molecular formula is C24H20N4O3. The van der Waals surface area contributed by atoms with E-state index >= 15 is 0 Å². The van der Waals surface area contributed by atoms with Crippen LogP contribution in [0.15, 0.2) is 91.1 Å². The Morgan fingerprint density at radius 2 is 1.35 bits per heavy atom. The van der Waals surface area contributed by atoms with Crippen molar-refractivity contribution < 1.29 is 14.3 Å². The fraction of sp³-hybridized carbons (Fsp3) is 0.0417. The molecule has 0 bridgehead atoms. The molecule has 0 atom stereocenters. The van der Waals surface area contributed by atoms with E-state index < -0.39 is 11.8 Å². The van der Waals surface area contributed by atoms with E-state index in [9.17, 15) is 9.59 Å². The molecule has 0 aliphatic heterocycles. The van der Waals surface area contributed by atoms with Gasteiger partial charge in [0.15, 0.2) is 0 Å². The summed E-state index contributed by atoms with van der Waals surface area (Å²) in [5.41, 5.74) is 7.68.